The molecule has 128 valence electrons. The predicted molar refractivity (Wildman–Crippen MR) is 86.8 cm³/mol. The van der Waals surface area contributed by atoms with E-state index >= 15 is 0 Å². The van der Waals surface area contributed by atoms with Gasteiger partial charge in [-0.15, -0.1) is 4.83 Å². The number of ether oxygens (including phenoxy) is 1. The van der Waals surface area contributed by atoms with Crippen molar-refractivity contribution in [2.75, 3.05) is 6.61 Å². The quantitative estimate of drug-likeness (QED) is 0.739. The van der Waals surface area contributed by atoms with Crippen LogP contribution in [0.4, 0.5) is 4.39 Å². The van der Waals surface area contributed by atoms with Crippen LogP contribution in [0.5, 0.6) is 5.75 Å². The second-order valence-corrected chi connectivity index (χ2v) is 6.97. The van der Waals surface area contributed by atoms with Crippen molar-refractivity contribution in [2.45, 2.75) is 4.90 Å². The molecule has 2 aromatic carbocycles. The summed E-state index contributed by atoms with van der Waals surface area (Å²) in [5, 5.41) is 0.253. The lowest BCUT2D eigenvalue weighted by Crippen LogP contribution is -2.43. The zero-order valence-electron chi connectivity index (χ0n) is 11.9. The topological polar surface area (TPSA) is 84.5 Å². The van der Waals surface area contributed by atoms with Crippen LogP contribution in [-0.2, 0) is 14.8 Å². The second kappa shape index (κ2) is 7.80. The molecule has 0 saturated carbocycles. The standard InChI is InChI=1S/C14H11Cl2FN2O4S/c15-12-5-4-11(7-13(12)16)24(21,22)19-18-14(20)8-23-10-3-1-2-9(17)6-10/h1-7,19H,8H2,(H,18,20). The Balaban J connectivity index is 1.91. The van der Waals surface area contributed by atoms with Gasteiger partial charge in [0.15, 0.2) is 6.61 Å². The molecule has 1 amide bonds. The zero-order chi connectivity index (χ0) is 17.7. The van der Waals surface area contributed by atoms with Gasteiger partial charge in [-0.1, -0.05) is 29.3 Å². The Morgan fingerprint density at radius 1 is 1.12 bits per heavy atom. The minimum absolute atomic E-state index is 0.0558. The van der Waals surface area contributed by atoms with Gasteiger partial charge in [0.25, 0.3) is 15.9 Å². The van der Waals surface area contributed by atoms with Gasteiger partial charge >= 0.3 is 0 Å². The first-order chi connectivity index (χ1) is 11.3. The molecule has 0 fully saturated rings. The zero-order valence-corrected chi connectivity index (χ0v) is 14.3. The minimum Gasteiger partial charge on any atom is -0.484 e. The van der Waals surface area contributed by atoms with Crippen LogP contribution in [0.25, 0.3) is 0 Å². The van der Waals surface area contributed by atoms with Crippen LogP contribution in [0, 0.1) is 5.82 Å². The van der Waals surface area contributed by atoms with E-state index in [2.05, 4.69) is 0 Å². The molecule has 24 heavy (non-hydrogen) atoms. The highest BCUT2D eigenvalue weighted by atomic mass is 35.5. The summed E-state index contributed by atoms with van der Waals surface area (Å²) in [7, 11) is -4.02. The molecule has 0 spiro atoms. The summed E-state index contributed by atoms with van der Waals surface area (Å²) in [5.74, 6) is -1.16. The highest BCUT2D eigenvalue weighted by Gasteiger charge is 2.16. The van der Waals surface area contributed by atoms with Crippen LogP contribution in [0.2, 0.25) is 10.0 Å². The Hall–Kier alpha value is -1.87. The normalized spacial score (nSPS) is 11.1. The van der Waals surface area contributed by atoms with Gasteiger partial charge in [-0.05, 0) is 30.3 Å². The largest absolute Gasteiger partial charge is 0.484 e. The van der Waals surface area contributed by atoms with Crippen molar-refractivity contribution in [3.63, 3.8) is 0 Å². The van der Waals surface area contributed by atoms with Crippen LogP contribution >= 0.6 is 23.2 Å². The molecule has 0 radical (unpaired) electrons. The Bertz CT molecular complexity index is 862. The maximum Gasteiger partial charge on any atom is 0.272 e. The molecule has 0 bridgehead atoms. The van der Waals surface area contributed by atoms with Crippen molar-refractivity contribution >= 4 is 39.1 Å². The van der Waals surface area contributed by atoms with E-state index in [9.17, 15) is 17.6 Å². The summed E-state index contributed by atoms with van der Waals surface area (Å²) < 4.78 is 42.0. The molecule has 0 aromatic heterocycles. The molecule has 2 aromatic rings. The summed E-state index contributed by atoms with van der Waals surface area (Å²) in [6, 6.07) is 8.86. The van der Waals surface area contributed by atoms with E-state index in [0.29, 0.717) is 0 Å². The average Bonchev–Trinajstić information content (AvgIpc) is 2.53. The molecule has 10 heteroatoms. The highest BCUT2D eigenvalue weighted by Crippen LogP contribution is 2.24. The Morgan fingerprint density at radius 3 is 2.54 bits per heavy atom. The molecular weight excluding hydrogens is 382 g/mol. The highest BCUT2D eigenvalue weighted by molar-refractivity contribution is 7.89. The van der Waals surface area contributed by atoms with Crippen LogP contribution in [0.15, 0.2) is 47.4 Å². The lowest BCUT2D eigenvalue weighted by Gasteiger charge is -2.10. The van der Waals surface area contributed by atoms with Crippen molar-refractivity contribution in [2.24, 2.45) is 0 Å². The van der Waals surface area contributed by atoms with Gasteiger partial charge < -0.3 is 4.74 Å². The molecule has 0 atom stereocenters. The molecule has 6 nitrogen and oxygen atoms in total. The third-order valence-electron chi connectivity index (χ3n) is 2.69. The van der Waals surface area contributed by atoms with Gasteiger partial charge in [0.05, 0.1) is 14.9 Å². The molecule has 0 aliphatic heterocycles. The van der Waals surface area contributed by atoms with Gasteiger partial charge in [0.1, 0.15) is 11.6 Å². The van der Waals surface area contributed by atoms with Crippen LogP contribution in [-0.4, -0.2) is 20.9 Å². The van der Waals surface area contributed by atoms with Gasteiger partial charge in [0, 0.05) is 6.07 Å². The van der Waals surface area contributed by atoms with Crippen molar-refractivity contribution in [3.8, 4) is 5.75 Å². The van der Waals surface area contributed by atoms with E-state index in [0.717, 1.165) is 12.1 Å². The molecule has 2 rings (SSSR count). The average molecular weight is 393 g/mol. The van der Waals surface area contributed by atoms with Gasteiger partial charge in [-0.3, -0.25) is 10.2 Å². The molecule has 0 unspecified atom stereocenters. The molecule has 0 saturated heterocycles. The molecule has 2 N–H and O–H groups in total. The van der Waals surface area contributed by atoms with E-state index in [1.165, 1.54) is 30.3 Å². The van der Waals surface area contributed by atoms with E-state index < -0.39 is 28.4 Å². The monoisotopic (exact) mass is 392 g/mol. The molecule has 0 heterocycles. The van der Waals surface area contributed by atoms with E-state index in [4.69, 9.17) is 27.9 Å². The molecule has 0 aliphatic carbocycles. The number of rotatable bonds is 6. The van der Waals surface area contributed by atoms with Crippen LogP contribution < -0.4 is 15.0 Å². The maximum atomic E-state index is 13.0. The number of carbonyl (C=O) groups is 1. The summed E-state index contributed by atoms with van der Waals surface area (Å²) in [6.07, 6.45) is 0. The third kappa shape index (κ3) is 5.07. The van der Waals surface area contributed by atoms with Crippen LogP contribution in [0.3, 0.4) is 0 Å². The first-order valence-electron chi connectivity index (χ1n) is 6.42. The number of hydrogen-bond acceptors (Lipinski definition) is 4. The van der Waals surface area contributed by atoms with Gasteiger partial charge in [0.2, 0.25) is 0 Å². The number of nitrogens with one attached hydrogen (secondary N) is 2. The first kappa shape index (κ1) is 18.5. The fraction of sp³-hybridized carbons (Fsp3) is 0.0714. The van der Waals surface area contributed by atoms with Crippen molar-refractivity contribution in [3.05, 3.63) is 58.3 Å². The first-order valence-corrected chi connectivity index (χ1v) is 8.66. The SMILES string of the molecule is O=C(COc1cccc(F)c1)NNS(=O)(=O)c1ccc(Cl)c(Cl)c1. The second-order valence-electron chi connectivity index (χ2n) is 4.48. The summed E-state index contributed by atoms with van der Waals surface area (Å²) >= 11 is 11.5. The fourth-order valence-corrected chi connectivity index (χ4v) is 2.82. The van der Waals surface area contributed by atoms with Crippen molar-refractivity contribution in [1.82, 2.24) is 10.3 Å². The number of hydrogen-bond donors (Lipinski definition) is 2. The molecule has 0 aliphatic rings. The number of amides is 1. The lowest BCUT2D eigenvalue weighted by atomic mass is 10.3. The van der Waals surface area contributed by atoms with Crippen molar-refractivity contribution < 1.29 is 22.3 Å². The Kier molecular flexibility index (Phi) is 6.00. The maximum absolute atomic E-state index is 13.0. The Labute approximate surface area is 147 Å². The predicted octanol–water partition coefficient (Wildman–Crippen LogP) is 2.52. The fourth-order valence-electron chi connectivity index (χ4n) is 1.57. The van der Waals surface area contributed by atoms with E-state index in [1.54, 1.807) is 0 Å². The van der Waals surface area contributed by atoms with E-state index in [-0.39, 0.29) is 20.7 Å². The van der Waals surface area contributed by atoms with Crippen molar-refractivity contribution in [1.29, 1.82) is 0 Å². The lowest BCUT2D eigenvalue weighted by molar-refractivity contribution is -0.123. The number of hydrazine groups is 1. The summed E-state index contributed by atoms with van der Waals surface area (Å²) in [5.41, 5.74) is 1.97. The number of halogens is 3. The minimum atomic E-state index is -4.02. The van der Waals surface area contributed by atoms with Gasteiger partial charge in [-0.2, -0.15) is 0 Å². The van der Waals surface area contributed by atoms with E-state index in [1.807, 2.05) is 10.3 Å². The summed E-state index contributed by atoms with van der Waals surface area (Å²) in [4.78, 5) is 13.3. The molecular formula is C14H11Cl2FN2O4S. The number of benzene rings is 2. The smallest absolute Gasteiger partial charge is 0.272 e. The Morgan fingerprint density at radius 2 is 1.88 bits per heavy atom. The number of sulfonamides is 1. The third-order valence-corrected chi connectivity index (χ3v) is 4.68. The summed E-state index contributed by atoms with van der Waals surface area (Å²) in [6.45, 7) is -0.507. The number of carbonyl (C=O) groups excluding carboxylic acids is 1. The van der Waals surface area contributed by atoms with Gasteiger partial charge in [-0.25, -0.2) is 12.8 Å². The van der Waals surface area contributed by atoms with Crippen LogP contribution in [0.1, 0.15) is 0 Å².